The fourth-order valence-electron chi connectivity index (χ4n) is 5.22. The summed E-state index contributed by atoms with van der Waals surface area (Å²) in [5.41, 5.74) is 1.26. The normalized spacial score (nSPS) is 19.9. The Labute approximate surface area is 227 Å². The number of rotatable bonds is 10. The van der Waals surface area contributed by atoms with Crippen LogP contribution in [0.4, 0.5) is 14.5 Å². The standard InChI is InChI=1S/C30H36F2N2O5/c1-19-14-17-34(18-15-19)22-8-4-20(5-9-22)29(36)33-16-2-3-25(35)24-12-13-26(28(32)27(24)31)39-23-10-6-21(7-11-23)30(37)38/h4-5,8-9,12-13,19,21,23H,2-3,6-7,10-11,14-18H2,1H3,(H,33,36)(H,37,38). The lowest BCUT2D eigenvalue weighted by Gasteiger charge is -2.32. The highest BCUT2D eigenvalue weighted by molar-refractivity contribution is 5.97. The number of carboxylic acids is 1. The number of nitrogens with one attached hydrogen (secondary N) is 1. The van der Waals surface area contributed by atoms with Crippen molar-refractivity contribution in [1.29, 1.82) is 0 Å². The molecule has 1 amide bonds. The summed E-state index contributed by atoms with van der Waals surface area (Å²) < 4.78 is 34.8. The highest BCUT2D eigenvalue weighted by atomic mass is 19.2. The molecule has 1 saturated heterocycles. The van der Waals surface area contributed by atoms with E-state index in [-0.39, 0.29) is 36.6 Å². The molecular weight excluding hydrogens is 506 g/mol. The van der Waals surface area contributed by atoms with Crippen LogP contribution in [0.3, 0.4) is 0 Å². The molecule has 2 N–H and O–H groups in total. The molecule has 0 atom stereocenters. The van der Waals surface area contributed by atoms with Gasteiger partial charge in [-0.15, -0.1) is 0 Å². The number of benzene rings is 2. The summed E-state index contributed by atoms with van der Waals surface area (Å²) in [5, 5.41) is 11.9. The van der Waals surface area contributed by atoms with Gasteiger partial charge in [-0.1, -0.05) is 6.92 Å². The van der Waals surface area contributed by atoms with Gasteiger partial charge in [-0.05, 0) is 87.3 Å². The Bertz CT molecular complexity index is 1170. The van der Waals surface area contributed by atoms with Crippen molar-refractivity contribution in [3.05, 3.63) is 59.2 Å². The maximum atomic E-state index is 14.7. The number of carbonyl (C=O) groups excluding carboxylic acids is 2. The number of hydrogen-bond acceptors (Lipinski definition) is 5. The molecule has 9 heteroatoms. The van der Waals surface area contributed by atoms with E-state index < -0.39 is 35.4 Å². The van der Waals surface area contributed by atoms with Gasteiger partial charge in [0, 0.05) is 37.3 Å². The monoisotopic (exact) mass is 542 g/mol. The fourth-order valence-corrected chi connectivity index (χ4v) is 5.22. The lowest BCUT2D eigenvalue weighted by Crippen LogP contribution is -2.32. The third-order valence-corrected chi connectivity index (χ3v) is 7.81. The molecule has 1 aliphatic heterocycles. The van der Waals surface area contributed by atoms with Gasteiger partial charge in [-0.2, -0.15) is 4.39 Å². The van der Waals surface area contributed by atoms with Crippen LogP contribution in [0, 0.1) is 23.5 Å². The van der Waals surface area contributed by atoms with Gasteiger partial charge in [0.05, 0.1) is 17.6 Å². The number of Topliss-reactive ketones (excluding diaryl/α,β-unsaturated/α-hetero) is 1. The van der Waals surface area contributed by atoms with E-state index in [0.29, 0.717) is 31.2 Å². The smallest absolute Gasteiger partial charge is 0.306 e. The Morgan fingerprint density at radius 3 is 2.26 bits per heavy atom. The Kier molecular flexibility index (Phi) is 9.54. The van der Waals surface area contributed by atoms with Crippen molar-refractivity contribution in [3.63, 3.8) is 0 Å². The van der Waals surface area contributed by atoms with Crippen LogP contribution in [0.1, 0.15) is 79.0 Å². The molecule has 2 fully saturated rings. The maximum absolute atomic E-state index is 14.7. The number of hydrogen-bond donors (Lipinski definition) is 2. The quantitative estimate of drug-likeness (QED) is 0.299. The molecule has 1 heterocycles. The van der Waals surface area contributed by atoms with Crippen LogP contribution >= 0.6 is 0 Å². The molecule has 0 radical (unpaired) electrons. The van der Waals surface area contributed by atoms with Gasteiger partial charge >= 0.3 is 5.97 Å². The highest BCUT2D eigenvalue weighted by Gasteiger charge is 2.28. The summed E-state index contributed by atoms with van der Waals surface area (Å²) in [6, 6.07) is 9.91. The molecule has 1 saturated carbocycles. The van der Waals surface area contributed by atoms with Crippen LogP contribution in [0.25, 0.3) is 0 Å². The van der Waals surface area contributed by atoms with Crippen LogP contribution < -0.4 is 15.0 Å². The van der Waals surface area contributed by atoms with E-state index in [4.69, 9.17) is 9.84 Å². The van der Waals surface area contributed by atoms with Crippen LogP contribution in [-0.4, -0.2) is 48.5 Å². The van der Waals surface area contributed by atoms with Crippen molar-refractivity contribution in [2.24, 2.45) is 11.8 Å². The second kappa shape index (κ2) is 13.0. The predicted octanol–water partition coefficient (Wildman–Crippen LogP) is 5.62. The van der Waals surface area contributed by atoms with E-state index >= 15 is 0 Å². The zero-order valence-electron chi connectivity index (χ0n) is 22.3. The SMILES string of the molecule is CC1CCN(c2ccc(C(=O)NCCCC(=O)c3ccc(OC4CCC(C(=O)O)CC4)c(F)c3F)cc2)CC1. The highest BCUT2D eigenvalue weighted by Crippen LogP contribution is 2.31. The summed E-state index contributed by atoms with van der Waals surface area (Å²) >= 11 is 0. The number of amides is 1. The number of carboxylic acid groups (broad SMARTS) is 1. The van der Waals surface area contributed by atoms with Gasteiger partial charge in [0.25, 0.3) is 5.91 Å². The molecule has 1 aliphatic carbocycles. The topological polar surface area (TPSA) is 95.9 Å². The fraction of sp³-hybridized carbons (Fsp3) is 0.500. The number of ketones is 1. The molecule has 39 heavy (non-hydrogen) atoms. The molecular formula is C30H36F2N2O5. The average molecular weight is 543 g/mol. The Morgan fingerprint density at radius 1 is 0.949 bits per heavy atom. The third kappa shape index (κ3) is 7.34. The first kappa shape index (κ1) is 28.5. The van der Waals surface area contributed by atoms with Crippen LogP contribution in [0.15, 0.2) is 36.4 Å². The first-order valence-corrected chi connectivity index (χ1v) is 13.8. The van der Waals surface area contributed by atoms with Crippen molar-refractivity contribution < 1.29 is 33.0 Å². The van der Waals surface area contributed by atoms with E-state index in [1.165, 1.54) is 12.1 Å². The molecule has 0 unspecified atom stereocenters. The minimum Gasteiger partial charge on any atom is -0.487 e. The van der Waals surface area contributed by atoms with E-state index in [1.807, 2.05) is 12.1 Å². The zero-order valence-corrected chi connectivity index (χ0v) is 22.3. The summed E-state index contributed by atoms with van der Waals surface area (Å²) in [6.45, 7) is 4.51. The average Bonchev–Trinajstić information content (AvgIpc) is 2.94. The molecule has 2 aromatic rings. The lowest BCUT2D eigenvalue weighted by molar-refractivity contribution is -0.143. The minimum absolute atomic E-state index is 0.0532. The van der Waals surface area contributed by atoms with Crippen LogP contribution in [-0.2, 0) is 4.79 Å². The number of aliphatic carboxylic acids is 1. The van der Waals surface area contributed by atoms with Crippen molar-refractivity contribution in [2.75, 3.05) is 24.5 Å². The number of halogens is 2. The molecule has 0 bridgehead atoms. The number of anilines is 1. The maximum Gasteiger partial charge on any atom is 0.306 e. The van der Waals surface area contributed by atoms with Crippen LogP contribution in [0.5, 0.6) is 5.75 Å². The van der Waals surface area contributed by atoms with Gasteiger partial charge < -0.3 is 20.1 Å². The first-order valence-electron chi connectivity index (χ1n) is 13.8. The Morgan fingerprint density at radius 2 is 1.62 bits per heavy atom. The molecule has 2 aromatic carbocycles. The number of carbonyl (C=O) groups is 3. The number of nitrogens with zero attached hydrogens (tertiary/aromatic N) is 1. The van der Waals surface area contributed by atoms with Gasteiger partial charge in [-0.3, -0.25) is 14.4 Å². The largest absolute Gasteiger partial charge is 0.487 e. The lowest BCUT2D eigenvalue weighted by atomic mass is 9.87. The second-order valence-corrected chi connectivity index (χ2v) is 10.7. The van der Waals surface area contributed by atoms with Crippen molar-refractivity contribution in [3.8, 4) is 5.75 Å². The van der Waals surface area contributed by atoms with Crippen molar-refractivity contribution in [1.82, 2.24) is 5.32 Å². The second-order valence-electron chi connectivity index (χ2n) is 10.7. The first-order chi connectivity index (χ1) is 18.7. The Balaban J connectivity index is 1.22. The molecule has 4 rings (SSSR count). The van der Waals surface area contributed by atoms with Gasteiger partial charge in [-0.25, -0.2) is 4.39 Å². The third-order valence-electron chi connectivity index (χ3n) is 7.81. The van der Waals surface area contributed by atoms with Gasteiger partial charge in [0.2, 0.25) is 5.82 Å². The zero-order chi connectivity index (χ0) is 27.9. The van der Waals surface area contributed by atoms with E-state index in [2.05, 4.69) is 17.1 Å². The van der Waals surface area contributed by atoms with E-state index in [1.54, 1.807) is 12.1 Å². The van der Waals surface area contributed by atoms with Crippen molar-refractivity contribution in [2.45, 2.75) is 64.4 Å². The molecule has 0 aromatic heterocycles. The van der Waals surface area contributed by atoms with Crippen molar-refractivity contribution >= 4 is 23.3 Å². The predicted molar refractivity (Wildman–Crippen MR) is 143 cm³/mol. The number of piperidine rings is 1. The summed E-state index contributed by atoms with van der Waals surface area (Å²) in [6.07, 6.45) is 3.85. The van der Waals surface area contributed by atoms with Gasteiger partial charge in [0.1, 0.15) is 0 Å². The Hall–Kier alpha value is -3.49. The van der Waals surface area contributed by atoms with Crippen LogP contribution in [0.2, 0.25) is 0 Å². The molecule has 210 valence electrons. The van der Waals surface area contributed by atoms with E-state index in [0.717, 1.165) is 37.5 Å². The minimum atomic E-state index is -1.26. The molecule has 2 aliphatic rings. The molecule has 0 spiro atoms. The summed E-state index contributed by atoms with van der Waals surface area (Å²) in [7, 11) is 0. The summed E-state index contributed by atoms with van der Waals surface area (Å²) in [5.74, 6) is -4.14. The molecule has 7 nitrogen and oxygen atoms in total. The number of ether oxygens (including phenoxy) is 1. The summed E-state index contributed by atoms with van der Waals surface area (Å²) in [4.78, 5) is 38.4. The van der Waals surface area contributed by atoms with E-state index in [9.17, 15) is 23.2 Å². The van der Waals surface area contributed by atoms with Gasteiger partial charge in [0.15, 0.2) is 17.3 Å².